The van der Waals surface area contributed by atoms with Gasteiger partial charge in [-0.05, 0) is 49.7 Å². The highest BCUT2D eigenvalue weighted by Gasteiger charge is 2.21. The Morgan fingerprint density at radius 2 is 2.00 bits per heavy atom. The van der Waals surface area contributed by atoms with Crippen molar-refractivity contribution in [3.05, 3.63) is 65.1 Å². The summed E-state index contributed by atoms with van der Waals surface area (Å²) in [4.78, 5) is 19.6. The summed E-state index contributed by atoms with van der Waals surface area (Å²) in [5.41, 5.74) is 2.91. The number of ether oxygens (including phenoxy) is 1. The van der Waals surface area contributed by atoms with Crippen LogP contribution in [0.1, 0.15) is 22.5 Å². The van der Waals surface area contributed by atoms with Gasteiger partial charge in [-0.1, -0.05) is 11.6 Å². The van der Waals surface area contributed by atoms with Crippen LogP contribution in [-0.4, -0.2) is 56.4 Å². The summed E-state index contributed by atoms with van der Waals surface area (Å²) in [7, 11) is -1.44. The minimum Gasteiger partial charge on any atom is -0.379 e. The van der Waals surface area contributed by atoms with Gasteiger partial charge in [-0.25, -0.2) is 13.4 Å². The number of benzene rings is 1. The van der Waals surface area contributed by atoms with Crippen molar-refractivity contribution >= 4 is 44.6 Å². The number of anilines is 3. The lowest BCUT2D eigenvalue weighted by atomic mass is 10.2. The Hall–Kier alpha value is -3.08. The number of pyridine rings is 1. The Morgan fingerprint density at radius 3 is 2.65 bits per heavy atom. The van der Waals surface area contributed by atoms with Crippen LogP contribution < -0.4 is 14.9 Å². The fourth-order valence-corrected chi connectivity index (χ4v) is 4.63. The van der Waals surface area contributed by atoms with Gasteiger partial charge < -0.3 is 19.5 Å². The molecule has 1 aliphatic rings. The number of nitrogens with zero attached hydrogens (tertiary/aromatic N) is 3. The first kappa shape index (κ1) is 24.1. The van der Waals surface area contributed by atoms with Crippen LogP contribution in [0.25, 0.3) is 5.82 Å². The molecular formula is C23H26ClN5O4S. The van der Waals surface area contributed by atoms with Crippen molar-refractivity contribution in [1.82, 2.24) is 9.55 Å². The molecule has 0 bridgehead atoms. The fraction of sp³-hybridized carbons (Fsp3) is 0.304. The highest BCUT2D eigenvalue weighted by atomic mass is 35.5. The molecule has 1 aliphatic heterocycles. The van der Waals surface area contributed by atoms with Crippen molar-refractivity contribution < 1.29 is 17.9 Å². The quantitative estimate of drug-likeness (QED) is 0.509. The molecule has 4 rings (SSSR count). The number of halogens is 1. The summed E-state index contributed by atoms with van der Waals surface area (Å²) in [6.45, 7) is 3.38. The molecule has 11 heteroatoms. The number of hydrogen-bond donors (Lipinski definition) is 2. The predicted octanol–water partition coefficient (Wildman–Crippen LogP) is 3.68. The third-order valence-electron chi connectivity index (χ3n) is 5.57. The summed E-state index contributed by atoms with van der Waals surface area (Å²) in [5.74, 6) is 0.339. The Labute approximate surface area is 203 Å². The van der Waals surface area contributed by atoms with Crippen molar-refractivity contribution in [2.75, 3.05) is 41.5 Å². The van der Waals surface area contributed by atoms with Gasteiger partial charge in [0.1, 0.15) is 5.82 Å². The molecule has 3 heterocycles. The fourth-order valence-electron chi connectivity index (χ4n) is 3.85. The molecule has 0 aliphatic carbocycles. The topological polar surface area (TPSA) is 106 Å². The van der Waals surface area contributed by atoms with Crippen molar-refractivity contribution in [1.29, 1.82) is 0 Å². The Kier molecular flexibility index (Phi) is 6.83. The summed E-state index contributed by atoms with van der Waals surface area (Å²) in [6.07, 6.45) is 5.56. The van der Waals surface area contributed by atoms with Gasteiger partial charge in [-0.3, -0.25) is 9.52 Å². The molecule has 9 nitrogen and oxygen atoms in total. The number of likely N-dealkylation sites (N-methyl/N-ethyl adjacent to an activating group) is 1. The molecule has 1 saturated heterocycles. The summed E-state index contributed by atoms with van der Waals surface area (Å²) >= 11 is 6.09. The number of sulfonamides is 1. The zero-order valence-corrected chi connectivity index (χ0v) is 20.7. The van der Waals surface area contributed by atoms with Gasteiger partial charge in [0.15, 0.2) is 0 Å². The van der Waals surface area contributed by atoms with Crippen LogP contribution in [0, 0.1) is 6.92 Å². The van der Waals surface area contributed by atoms with E-state index in [1.165, 1.54) is 12.1 Å². The smallest absolute Gasteiger partial charge is 0.257 e. The van der Waals surface area contributed by atoms with E-state index in [1.54, 1.807) is 18.3 Å². The van der Waals surface area contributed by atoms with E-state index in [2.05, 4.69) is 19.9 Å². The first-order chi connectivity index (χ1) is 16.1. The van der Waals surface area contributed by atoms with Gasteiger partial charge in [0.25, 0.3) is 5.91 Å². The Balaban J connectivity index is 1.50. The van der Waals surface area contributed by atoms with Crippen LogP contribution >= 0.6 is 11.6 Å². The molecule has 0 saturated carbocycles. The van der Waals surface area contributed by atoms with E-state index >= 15 is 0 Å². The Bertz CT molecular complexity index is 1300. The Morgan fingerprint density at radius 1 is 1.24 bits per heavy atom. The van der Waals surface area contributed by atoms with Crippen LogP contribution in [0.3, 0.4) is 0 Å². The second kappa shape index (κ2) is 9.65. The van der Waals surface area contributed by atoms with Crippen LogP contribution in [0.15, 0.2) is 48.8 Å². The molecule has 34 heavy (non-hydrogen) atoms. The first-order valence-corrected chi connectivity index (χ1v) is 12.9. The molecule has 1 fully saturated rings. The predicted molar refractivity (Wildman–Crippen MR) is 134 cm³/mol. The van der Waals surface area contributed by atoms with E-state index < -0.39 is 10.0 Å². The van der Waals surface area contributed by atoms with E-state index in [1.807, 2.05) is 36.9 Å². The number of nitrogens with one attached hydrogen (secondary N) is 2. The molecule has 0 spiro atoms. The maximum atomic E-state index is 12.9. The number of rotatable bonds is 7. The number of aromatic nitrogens is 2. The minimum atomic E-state index is -3.48. The van der Waals surface area contributed by atoms with E-state index in [0.29, 0.717) is 29.7 Å². The molecular weight excluding hydrogens is 478 g/mol. The molecule has 1 amide bonds. The minimum absolute atomic E-state index is 0.262. The number of amides is 1. The summed E-state index contributed by atoms with van der Waals surface area (Å²) in [5, 5.41) is 3.05. The molecule has 0 radical (unpaired) electrons. The maximum absolute atomic E-state index is 12.9. The molecule has 3 aromatic rings. The third-order valence-corrected chi connectivity index (χ3v) is 6.40. The summed E-state index contributed by atoms with van der Waals surface area (Å²) in [6, 6.07) is 10.5. The van der Waals surface area contributed by atoms with Crippen molar-refractivity contribution in [2.45, 2.75) is 19.4 Å². The molecule has 180 valence electrons. The highest BCUT2D eigenvalue weighted by molar-refractivity contribution is 7.92. The van der Waals surface area contributed by atoms with Crippen molar-refractivity contribution in [3.8, 4) is 5.82 Å². The zero-order chi connectivity index (χ0) is 24.5. The molecule has 1 unspecified atom stereocenters. The first-order valence-electron chi connectivity index (χ1n) is 10.6. The number of aryl methyl sites for hydroxylation is 1. The average molecular weight is 504 g/mol. The number of carbonyl (C=O) groups is 1. The summed E-state index contributed by atoms with van der Waals surface area (Å²) < 4.78 is 32.7. The van der Waals surface area contributed by atoms with Gasteiger partial charge in [0, 0.05) is 36.3 Å². The molecule has 2 N–H and O–H groups in total. The van der Waals surface area contributed by atoms with Gasteiger partial charge >= 0.3 is 0 Å². The van der Waals surface area contributed by atoms with E-state index in [4.69, 9.17) is 16.3 Å². The largest absolute Gasteiger partial charge is 0.379 e. The lowest BCUT2D eigenvalue weighted by molar-refractivity contribution is 0.102. The lowest BCUT2D eigenvalue weighted by Crippen LogP contribution is -2.31. The normalized spacial score (nSPS) is 15.8. The average Bonchev–Trinajstić information content (AvgIpc) is 3.42. The van der Waals surface area contributed by atoms with E-state index in [-0.39, 0.29) is 16.6 Å². The van der Waals surface area contributed by atoms with Gasteiger partial charge in [-0.2, -0.15) is 0 Å². The maximum Gasteiger partial charge on any atom is 0.257 e. The van der Waals surface area contributed by atoms with Gasteiger partial charge in [0.05, 0.1) is 42.0 Å². The van der Waals surface area contributed by atoms with Gasteiger partial charge in [0.2, 0.25) is 10.0 Å². The molecule has 1 aromatic carbocycles. The lowest BCUT2D eigenvalue weighted by Gasteiger charge is -2.25. The van der Waals surface area contributed by atoms with E-state index in [0.717, 1.165) is 30.7 Å². The van der Waals surface area contributed by atoms with Gasteiger partial charge in [-0.15, -0.1) is 0 Å². The highest BCUT2D eigenvalue weighted by Crippen LogP contribution is 2.25. The number of hydrogen-bond acceptors (Lipinski definition) is 6. The second-order valence-electron chi connectivity index (χ2n) is 8.30. The van der Waals surface area contributed by atoms with Crippen LogP contribution in [-0.2, 0) is 14.8 Å². The monoisotopic (exact) mass is 503 g/mol. The van der Waals surface area contributed by atoms with Crippen molar-refractivity contribution in [3.63, 3.8) is 0 Å². The zero-order valence-electron chi connectivity index (χ0n) is 19.1. The van der Waals surface area contributed by atoms with Crippen LogP contribution in [0.5, 0.6) is 0 Å². The third kappa shape index (κ3) is 5.69. The molecule has 2 aromatic heterocycles. The van der Waals surface area contributed by atoms with E-state index in [9.17, 15) is 13.2 Å². The number of carbonyl (C=O) groups excluding carboxylic acids is 1. The van der Waals surface area contributed by atoms with Crippen molar-refractivity contribution in [2.24, 2.45) is 0 Å². The second-order valence-corrected chi connectivity index (χ2v) is 10.5. The standard InChI is InChI=1S/C23H26ClN5O4S/c1-15-8-16(23(30)26-18-9-17(24)10-19(11-18)27-34(3,31)32)13-29(15)22-5-4-20(12-25-22)28(2)21-6-7-33-14-21/h4-5,8-13,21,27H,6-7,14H2,1-3H3,(H,26,30). The van der Waals surface area contributed by atoms with Crippen LogP contribution in [0.4, 0.5) is 17.1 Å². The molecule has 1 atom stereocenters. The SMILES string of the molecule is Cc1cc(C(=O)Nc2cc(Cl)cc(NS(C)(=O)=O)c2)cn1-c1ccc(N(C)C2CCOC2)cn1. The van der Waals surface area contributed by atoms with Crippen LogP contribution in [0.2, 0.25) is 5.02 Å².